The van der Waals surface area contributed by atoms with Crippen LogP contribution in [0.15, 0.2) is 22.7 Å². The summed E-state index contributed by atoms with van der Waals surface area (Å²) in [6.45, 7) is 3.58. The minimum Gasteiger partial charge on any atom is -0.367 e. The highest BCUT2D eigenvalue weighted by molar-refractivity contribution is 9.10. The second-order valence-electron chi connectivity index (χ2n) is 3.33. The molecular formula is C10H12BrFN2. The van der Waals surface area contributed by atoms with Crippen molar-refractivity contribution in [2.75, 3.05) is 31.1 Å². The van der Waals surface area contributed by atoms with Crippen LogP contribution in [0.1, 0.15) is 0 Å². The van der Waals surface area contributed by atoms with Crippen LogP contribution in [0.4, 0.5) is 10.1 Å². The molecule has 1 aromatic carbocycles. The Morgan fingerprint density at radius 3 is 2.71 bits per heavy atom. The predicted octanol–water partition coefficient (Wildman–Crippen LogP) is 2.00. The zero-order valence-corrected chi connectivity index (χ0v) is 9.35. The SMILES string of the molecule is Fc1ccc(Br)cc1N1CCNCC1. The maximum Gasteiger partial charge on any atom is 0.146 e. The monoisotopic (exact) mass is 258 g/mol. The molecule has 2 rings (SSSR count). The molecule has 1 aliphatic heterocycles. The van der Waals surface area contributed by atoms with Crippen molar-refractivity contribution in [3.8, 4) is 0 Å². The van der Waals surface area contributed by atoms with E-state index in [1.165, 1.54) is 6.07 Å². The molecule has 1 saturated heterocycles. The van der Waals surface area contributed by atoms with Crippen LogP contribution in [0, 0.1) is 5.82 Å². The lowest BCUT2D eigenvalue weighted by molar-refractivity contribution is 0.566. The first kappa shape index (κ1) is 9.93. The first-order valence-electron chi connectivity index (χ1n) is 4.68. The lowest BCUT2D eigenvalue weighted by Gasteiger charge is -2.29. The maximum atomic E-state index is 13.5. The van der Waals surface area contributed by atoms with E-state index in [1.54, 1.807) is 6.07 Å². The topological polar surface area (TPSA) is 15.3 Å². The molecule has 0 bridgehead atoms. The standard InChI is InChI=1S/C10H12BrFN2/c11-8-1-2-9(12)10(7-8)14-5-3-13-4-6-14/h1-2,7,13H,3-6H2. The highest BCUT2D eigenvalue weighted by atomic mass is 79.9. The van der Waals surface area contributed by atoms with Gasteiger partial charge in [-0.1, -0.05) is 15.9 Å². The molecule has 0 saturated carbocycles. The number of rotatable bonds is 1. The van der Waals surface area contributed by atoms with Crippen LogP contribution in [-0.2, 0) is 0 Å². The lowest BCUT2D eigenvalue weighted by Crippen LogP contribution is -2.43. The number of halogens is 2. The predicted molar refractivity (Wildman–Crippen MR) is 59.2 cm³/mol. The zero-order valence-electron chi connectivity index (χ0n) is 7.76. The van der Waals surface area contributed by atoms with E-state index in [9.17, 15) is 4.39 Å². The Hall–Kier alpha value is -0.610. The molecule has 0 aromatic heterocycles. The van der Waals surface area contributed by atoms with Gasteiger partial charge in [-0.2, -0.15) is 0 Å². The first-order chi connectivity index (χ1) is 6.77. The van der Waals surface area contributed by atoms with Crippen molar-refractivity contribution in [3.05, 3.63) is 28.5 Å². The third kappa shape index (κ3) is 2.07. The van der Waals surface area contributed by atoms with Crippen LogP contribution in [0.3, 0.4) is 0 Å². The van der Waals surface area contributed by atoms with Crippen molar-refractivity contribution < 1.29 is 4.39 Å². The number of piperazine rings is 1. The molecule has 0 amide bonds. The van der Waals surface area contributed by atoms with E-state index in [0.29, 0.717) is 5.69 Å². The maximum absolute atomic E-state index is 13.5. The Labute approximate surface area is 91.2 Å². The summed E-state index contributed by atoms with van der Waals surface area (Å²) >= 11 is 3.35. The number of nitrogens with one attached hydrogen (secondary N) is 1. The molecule has 4 heteroatoms. The van der Waals surface area contributed by atoms with Gasteiger partial charge in [0.15, 0.2) is 0 Å². The Balaban J connectivity index is 2.24. The van der Waals surface area contributed by atoms with E-state index in [2.05, 4.69) is 26.1 Å². The summed E-state index contributed by atoms with van der Waals surface area (Å²) < 4.78 is 14.4. The quantitative estimate of drug-likeness (QED) is 0.829. The molecule has 76 valence electrons. The lowest BCUT2D eigenvalue weighted by atomic mass is 10.2. The largest absolute Gasteiger partial charge is 0.367 e. The number of hydrogen-bond donors (Lipinski definition) is 1. The summed E-state index contributed by atoms with van der Waals surface area (Å²) in [5.41, 5.74) is 0.695. The number of benzene rings is 1. The summed E-state index contributed by atoms with van der Waals surface area (Å²) in [6, 6.07) is 5.06. The van der Waals surface area contributed by atoms with Crippen LogP contribution < -0.4 is 10.2 Å². The molecule has 1 fully saturated rings. The van der Waals surface area contributed by atoms with Gasteiger partial charge >= 0.3 is 0 Å². The van der Waals surface area contributed by atoms with Crippen molar-refractivity contribution in [2.45, 2.75) is 0 Å². The van der Waals surface area contributed by atoms with Crippen LogP contribution in [0.2, 0.25) is 0 Å². The van der Waals surface area contributed by atoms with Crippen LogP contribution in [-0.4, -0.2) is 26.2 Å². The van der Waals surface area contributed by atoms with E-state index < -0.39 is 0 Å². The van der Waals surface area contributed by atoms with Gasteiger partial charge in [0.2, 0.25) is 0 Å². The smallest absolute Gasteiger partial charge is 0.146 e. The van der Waals surface area contributed by atoms with Gasteiger partial charge in [-0.15, -0.1) is 0 Å². The first-order valence-corrected chi connectivity index (χ1v) is 5.47. The molecular weight excluding hydrogens is 247 g/mol. The van der Waals surface area contributed by atoms with E-state index in [0.717, 1.165) is 30.7 Å². The van der Waals surface area contributed by atoms with Crippen molar-refractivity contribution >= 4 is 21.6 Å². The third-order valence-electron chi connectivity index (χ3n) is 2.37. The second-order valence-corrected chi connectivity index (χ2v) is 4.25. The van der Waals surface area contributed by atoms with E-state index in [1.807, 2.05) is 6.07 Å². The molecule has 1 heterocycles. The fourth-order valence-corrected chi connectivity index (χ4v) is 1.98. The highest BCUT2D eigenvalue weighted by Gasteiger charge is 2.14. The highest BCUT2D eigenvalue weighted by Crippen LogP contribution is 2.23. The van der Waals surface area contributed by atoms with E-state index in [-0.39, 0.29) is 5.82 Å². The van der Waals surface area contributed by atoms with Crippen molar-refractivity contribution in [3.63, 3.8) is 0 Å². The van der Waals surface area contributed by atoms with Gasteiger partial charge in [-0.05, 0) is 18.2 Å². The minimum absolute atomic E-state index is 0.143. The Bertz CT molecular complexity index is 324. The average Bonchev–Trinajstić information content (AvgIpc) is 2.23. The summed E-state index contributed by atoms with van der Waals surface area (Å²) in [5, 5.41) is 3.24. The molecule has 1 aromatic rings. The van der Waals surface area contributed by atoms with Gasteiger partial charge in [0.25, 0.3) is 0 Å². The van der Waals surface area contributed by atoms with Gasteiger partial charge in [-0.3, -0.25) is 0 Å². The van der Waals surface area contributed by atoms with Crippen LogP contribution in [0.25, 0.3) is 0 Å². The summed E-state index contributed by atoms with van der Waals surface area (Å²) in [4.78, 5) is 2.07. The van der Waals surface area contributed by atoms with Gasteiger partial charge in [0.1, 0.15) is 5.82 Å². The normalized spacial score (nSPS) is 17.1. The van der Waals surface area contributed by atoms with Crippen molar-refractivity contribution in [1.29, 1.82) is 0 Å². The number of nitrogens with zero attached hydrogens (tertiary/aromatic N) is 1. The summed E-state index contributed by atoms with van der Waals surface area (Å²) in [6.07, 6.45) is 0. The van der Waals surface area contributed by atoms with Gasteiger partial charge in [-0.25, -0.2) is 4.39 Å². The summed E-state index contributed by atoms with van der Waals surface area (Å²) in [7, 11) is 0. The molecule has 0 aliphatic carbocycles. The Kier molecular flexibility index (Phi) is 3.03. The fraction of sp³-hybridized carbons (Fsp3) is 0.400. The molecule has 0 unspecified atom stereocenters. The molecule has 0 spiro atoms. The molecule has 0 atom stereocenters. The second kappa shape index (κ2) is 4.28. The van der Waals surface area contributed by atoms with Gasteiger partial charge in [0.05, 0.1) is 5.69 Å². The van der Waals surface area contributed by atoms with Gasteiger partial charge < -0.3 is 10.2 Å². The molecule has 2 nitrogen and oxygen atoms in total. The molecule has 1 aliphatic rings. The molecule has 0 radical (unpaired) electrons. The van der Waals surface area contributed by atoms with E-state index >= 15 is 0 Å². The fourth-order valence-electron chi connectivity index (χ4n) is 1.63. The Morgan fingerprint density at radius 2 is 2.00 bits per heavy atom. The summed E-state index contributed by atoms with van der Waals surface area (Å²) in [5.74, 6) is -0.143. The van der Waals surface area contributed by atoms with Crippen LogP contribution >= 0.6 is 15.9 Å². The van der Waals surface area contributed by atoms with Crippen LogP contribution in [0.5, 0.6) is 0 Å². The molecule has 1 N–H and O–H groups in total. The molecule has 14 heavy (non-hydrogen) atoms. The van der Waals surface area contributed by atoms with Crippen molar-refractivity contribution in [2.24, 2.45) is 0 Å². The number of hydrogen-bond acceptors (Lipinski definition) is 2. The number of anilines is 1. The van der Waals surface area contributed by atoms with Gasteiger partial charge in [0, 0.05) is 30.7 Å². The van der Waals surface area contributed by atoms with E-state index in [4.69, 9.17) is 0 Å². The Morgan fingerprint density at radius 1 is 1.29 bits per heavy atom. The average molecular weight is 259 g/mol. The van der Waals surface area contributed by atoms with Crippen molar-refractivity contribution in [1.82, 2.24) is 5.32 Å². The third-order valence-corrected chi connectivity index (χ3v) is 2.86. The zero-order chi connectivity index (χ0) is 9.97. The minimum atomic E-state index is -0.143.